The number of hydrogen-bond donors (Lipinski definition) is 2. The number of para-hydroxylation sites is 2. The fourth-order valence-electron chi connectivity index (χ4n) is 3.06. The lowest BCUT2D eigenvalue weighted by Crippen LogP contribution is -2.42. The topological polar surface area (TPSA) is 72.9 Å². The second-order valence-electron chi connectivity index (χ2n) is 6.10. The highest BCUT2D eigenvalue weighted by Gasteiger charge is 2.14. The molecule has 0 fully saturated rings. The Hall–Kier alpha value is -2.66. The van der Waals surface area contributed by atoms with Gasteiger partial charge in [-0.1, -0.05) is 42.5 Å². The van der Waals surface area contributed by atoms with E-state index in [9.17, 15) is 4.79 Å². The Morgan fingerprint density at radius 3 is 2.64 bits per heavy atom. The third kappa shape index (κ3) is 4.06. The van der Waals surface area contributed by atoms with Crippen molar-refractivity contribution in [3.05, 3.63) is 66.0 Å². The molecule has 0 saturated carbocycles. The van der Waals surface area contributed by atoms with Crippen molar-refractivity contribution >= 4 is 16.9 Å². The Labute approximate surface area is 147 Å². The summed E-state index contributed by atoms with van der Waals surface area (Å²) in [5.41, 5.74) is 9.20. The van der Waals surface area contributed by atoms with Gasteiger partial charge in [0.05, 0.1) is 17.1 Å². The quantitative estimate of drug-likeness (QED) is 0.695. The molecule has 3 N–H and O–H groups in total. The lowest BCUT2D eigenvalue weighted by atomic mass is 10.1. The van der Waals surface area contributed by atoms with Crippen molar-refractivity contribution in [1.82, 2.24) is 14.9 Å². The molecule has 0 bridgehead atoms. The molecule has 0 saturated heterocycles. The minimum absolute atomic E-state index is 0.122. The zero-order chi connectivity index (χ0) is 17.6. The van der Waals surface area contributed by atoms with Crippen LogP contribution in [0.15, 0.2) is 54.6 Å². The summed E-state index contributed by atoms with van der Waals surface area (Å²) in [4.78, 5) is 16.9. The van der Waals surface area contributed by atoms with Gasteiger partial charge in [0, 0.05) is 19.5 Å². The number of benzene rings is 2. The molecule has 0 aliphatic heterocycles. The minimum atomic E-state index is -0.535. The van der Waals surface area contributed by atoms with Gasteiger partial charge in [-0.3, -0.25) is 4.79 Å². The molecule has 0 radical (unpaired) electrons. The summed E-state index contributed by atoms with van der Waals surface area (Å²) in [6.07, 6.45) is 1.23. The number of carbonyl (C=O) groups excluding carboxylic acids is 1. The van der Waals surface area contributed by atoms with E-state index in [4.69, 9.17) is 5.73 Å². The van der Waals surface area contributed by atoms with Crippen molar-refractivity contribution in [2.45, 2.75) is 32.4 Å². The van der Waals surface area contributed by atoms with E-state index < -0.39 is 6.04 Å². The molecule has 1 heterocycles. The second-order valence-corrected chi connectivity index (χ2v) is 6.10. The summed E-state index contributed by atoms with van der Waals surface area (Å²) < 4.78 is 2.19. The highest BCUT2D eigenvalue weighted by Crippen LogP contribution is 2.16. The lowest BCUT2D eigenvalue weighted by molar-refractivity contribution is -0.122. The van der Waals surface area contributed by atoms with Crippen LogP contribution in [-0.2, 0) is 24.2 Å². The number of amides is 1. The fourth-order valence-corrected chi connectivity index (χ4v) is 3.06. The van der Waals surface area contributed by atoms with Crippen LogP contribution in [0.1, 0.15) is 18.3 Å². The average molecular weight is 336 g/mol. The molecular formula is C20H24N4O. The first-order valence-corrected chi connectivity index (χ1v) is 8.70. The SMILES string of the molecule is CCn1c(CCNC(=O)C(N)Cc2ccccc2)nc2ccccc21. The van der Waals surface area contributed by atoms with Gasteiger partial charge in [0.2, 0.25) is 5.91 Å². The van der Waals surface area contributed by atoms with E-state index in [-0.39, 0.29) is 5.91 Å². The lowest BCUT2D eigenvalue weighted by Gasteiger charge is -2.12. The number of aryl methyl sites for hydroxylation is 1. The number of carbonyl (C=O) groups is 1. The first-order valence-electron chi connectivity index (χ1n) is 8.70. The first kappa shape index (κ1) is 17.2. The van der Waals surface area contributed by atoms with Crippen molar-refractivity contribution in [3.63, 3.8) is 0 Å². The van der Waals surface area contributed by atoms with Crippen LogP contribution in [-0.4, -0.2) is 28.0 Å². The summed E-state index contributed by atoms with van der Waals surface area (Å²) in [5.74, 6) is 0.864. The molecule has 0 aliphatic rings. The van der Waals surface area contributed by atoms with Crippen LogP contribution >= 0.6 is 0 Å². The van der Waals surface area contributed by atoms with Gasteiger partial charge in [-0.05, 0) is 31.0 Å². The molecule has 3 aromatic rings. The molecular weight excluding hydrogens is 312 g/mol. The van der Waals surface area contributed by atoms with Gasteiger partial charge < -0.3 is 15.6 Å². The number of imidazole rings is 1. The molecule has 130 valence electrons. The van der Waals surface area contributed by atoms with Crippen LogP contribution in [0.5, 0.6) is 0 Å². The van der Waals surface area contributed by atoms with Crippen molar-refractivity contribution in [2.75, 3.05) is 6.54 Å². The maximum Gasteiger partial charge on any atom is 0.237 e. The van der Waals surface area contributed by atoms with E-state index in [1.165, 1.54) is 0 Å². The summed E-state index contributed by atoms with van der Waals surface area (Å²) in [6.45, 7) is 3.49. The molecule has 1 unspecified atom stereocenters. The predicted molar refractivity (Wildman–Crippen MR) is 100 cm³/mol. The Morgan fingerprint density at radius 2 is 1.88 bits per heavy atom. The molecule has 1 aromatic heterocycles. The number of nitrogens with one attached hydrogen (secondary N) is 1. The molecule has 1 atom stereocenters. The van der Waals surface area contributed by atoms with Crippen molar-refractivity contribution < 1.29 is 4.79 Å². The number of hydrogen-bond acceptors (Lipinski definition) is 3. The zero-order valence-corrected chi connectivity index (χ0v) is 14.5. The number of nitrogens with two attached hydrogens (primary N) is 1. The molecule has 2 aromatic carbocycles. The molecule has 0 aliphatic carbocycles. The zero-order valence-electron chi connectivity index (χ0n) is 14.5. The largest absolute Gasteiger partial charge is 0.354 e. The normalized spacial score (nSPS) is 12.2. The van der Waals surface area contributed by atoms with Crippen LogP contribution in [0.4, 0.5) is 0 Å². The van der Waals surface area contributed by atoms with E-state index in [2.05, 4.69) is 27.9 Å². The monoisotopic (exact) mass is 336 g/mol. The van der Waals surface area contributed by atoms with Gasteiger partial charge in [-0.25, -0.2) is 4.98 Å². The van der Waals surface area contributed by atoms with Crippen LogP contribution < -0.4 is 11.1 Å². The van der Waals surface area contributed by atoms with Crippen LogP contribution in [0, 0.1) is 0 Å². The summed E-state index contributed by atoms with van der Waals surface area (Å²) in [5, 5.41) is 2.93. The molecule has 5 nitrogen and oxygen atoms in total. The van der Waals surface area contributed by atoms with Crippen molar-refractivity contribution in [1.29, 1.82) is 0 Å². The predicted octanol–water partition coefficient (Wildman–Crippen LogP) is 2.28. The standard InChI is InChI=1S/C20H24N4O/c1-2-24-18-11-7-6-10-17(18)23-19(24)12-13-22-20(25)16(21)14-15-8-4-3-5-9-15/h3-11,16H,2,12-14,21H2,1H3,(H,22,25). The molecule has 5 heteroatoms. The van der Waals surface area contributed by atoms with Gasteiger partial charge in [0.15, 0.2) is 0 Å². The summed E-state index contributed by atoms with van der Waals surface area (Å²) >= 11 is 0. The number of fused-ring (bicyclic) bond motifs is 1. The van der Waals surface area contributed by atoms with Crippen LogP contribution in [0.3, 0.4) is 0 Å². The summed E-state index contributed by atoms with van der Waals surface area (Å²) in [6, 6.07) is 17.4. The van der Waals surface area contributed by atoms with Gasteiger partial charge in [-0.2, -0.15) is 0 Å². The highest BCUT2D eigenvalue weighted by molar-refractivity contribution is 5.81. The molecule has 25 heavy (non-hydrogen) atoms. The smallest absolute Gasteiger partial charge is 0.237 e. The molecule has 3 rings (SSSR count). The van der Waals surface area contributed by atoms with Gasteiger partial charge in [0.1, 0.15) is 5.82 Å². The third-order valence-electron chi connectivity index (χ3n) is 4.33. The van der Waals surface area contributed by atoms with E-state index >= 15 is 0 Å². The highest BCUT2D eigenvalue weighted by atomic mass is 16.2. The maximum absolute atomic E-state index is 12.2. The van der Waals surface area contributed by atoms with Crippen LogP contribution in [0.2, 0.25) is 0 Å². The molecule has 1 amide bonds. The third-order valence-corrected chi connectivity index (χ3v) is 4.33. The number of aromatic nitrogens is 2. The minimum Gasteiger partial charge on any atom is -0.354 e. The Balaban J connectivity index is 1.56. The second kappa shape index (κ2) is 7.94. The molecule has 0 spiro atoms. The van der Waals surface area contributed by atoms with Crippen LogP contribution in [0.25, 0.3) is 11.0 Å². The van der Waals surface area contributed by atoms with E-state index in [0.29, 0.717) is 19.4 Å². The average Bonchev–Trinajstić information content (AvgIpc) is 2.99. The number of rotatable bonds is 7. The maximum atomic E-state index is 12.2. The van der Waals surface area contributed by atoms with E-state index in [1.807, 2.05) is 48.5 Å². The van der Waals surface area contributed by atoms with E-state index in [0.717, 1.165) is 29.0 Å². The van der Waals surface area contributed by atoms with Gasteiger partial charge in [-0.15, -0.1) is 0 Å². The van der Waals surface area contributed by atoms with Gasteiger partial charge >= 0.3 is 0 Å². The fraction of sp³-hybridized carbons (Fsp3) is 0.300. The van der Waals surface area contributed by atoms with E-state index in [1.54, 1.807) is 0 Å². The Bertz CT molecular complexity index is 841. The Kier molecular flexibility index (Phi) is 5.46. The Morgan fingerprint density at radius 1 is 1.16 bits per heavy atom. The van der Waals surface area contributed by atoms with Gasteiger partial charge in [0.25, 0.3) is 0 Å². The van der Waals surface area contributed by atoms with Crippen molar-refractivity contribution in [2.24, 2.45) is 5.73 Å². The number of nitrogens with zero attached hydrogens (tertiary/aromatic N) is 2. The summed E-state index contributed by atoms with van der Waals surface area (Å²) in [7, 11) is 0. The first-order chi connectivity index (χ1) is 12.2. The van der Waals surface area contributed by atoms with Crippen molar-refractivity contribution in [3.8, 4) is 0 Å².